The lowest BCUT2D eigenvalue weighted by atomic mass is 9.86. The summed E-state index contributed by atoms with van der Waals surface area (Å²) in [4.78, 5) is 19.0. The Hall–Kier alpha value is -3.40. The van der Waals surface area contributed by atoms with E-state index in [1.54, 1.807) is 0 Å². The van der Waals surface area contributed by atoms with Gasteiger partial charge in [-0.1, -0.05) is 36.8 Å². The average Bonchev–Trinajstić information content (AvgIpc) is 2.98. The number of aromatic nitrogens is 2. The summed E-state index contributed by atoms with van der Waals surface area (Å²) in [6, 6.07) is 18.9. The molecule has 33 heavy (non-hydrogen) atoms. The van der Waals surface area contributed by atoms with Crippen LogP contribution in [-0.2, 0) is 19.3 Å². The maximum Gasteiger partial charge on any atom is 0.0956 e. The summed E-state index contributed by atoms with van der Waals surface area (Å²) in [6.07, 6.45) is 10.5. The van der Waals surface area contributed by atoms with Crippen molar-refractivity contribution in [1.82, 2.24) is 9.97 Å². The molecule has 5 rings (SSSR count). The second kappa shape index (κ2) is 9.62. The zero-order chi connectivity index (χ0) is 22.6. The van der Waals surface area contributed by atoms with Crippen molar-refractivity contribution in [3.63, 3.8) is 0 Å². The van der Waals surface area contributed by atoms with Gasteiger partial charge >= 0.3 is 0 Å². The molecule has 2 aliphatic heterocycles. The number of fused-ring (bicyclic) bond motifs is 1. The Labute approximate surface area is 196 Å². The Morgan fingerprint density at radius 2 is 1.70 bits per heavy atom. The van der Waals surface area contributed by atoms with Crippen molar-refractivity contribution in [2.45, 2.75) is 52.0 Å². The molecule has 4 heterocycles. The van der Waals surface area contributed by atoms with Crippen LogP contribution >= 0.6 is 0 Å². The third kappa shape index (κ3) is 5.00. The van der Waals surface area contributed by atoms with Crippen LogP contribution in [0.25, 0.3) is 0 Å². The van der Waals surface area contributed by atoms with E-state index in [1.807, 2.05) is 30.6 Å². The van der Waals surface area contributed by atoms with Gasteiger partial charge in [-0.2, -0.15) is 0 Å². The monoisotopic (exact) mass is 434 g/mol. The van der Waals surface area contributed by atoms with E-state index in [0.29, 0.717) is 5.92 Å². The van der Waals surface area contributed by atoms with Crippen LogP contribution in [0.4, 0.5) is 5.69 Å². The third-order valence-corrected chi connectivity index (χ3v) is 6.59. The van der Waals surface area contributed by atoms with Gasteiger partial charge in [-0.05, 0) is 85.6 Å². The molecule has 1 aromatic carbocycles. The molecular weight excluding hydrogens is 404 g/mol. The Kier molecular flexibility index (Phi) is 6.25. The van der Waals surface area contributed by atoms with Gasteiger partial charge in [0.25, 0.3) is 0 Å². The fourth-order valence-corrected chi connectivity index (χ4v) is 5.03. The van der Waals surface area contributed by atoms with Crippen LogP contribution < -0.4 is 0 Å². The number of hydrogen-bond donors (Lipinski definition) is 0. The average molecular weight is 435 g/mol. The summed E-state index contributed by atoms with van der Waals surface area (Å²) < 4.78 is 0. The predicted molar refractivity (Wildman–Crippen MR) is 135 cm³/mol. The molecule has 4 nitrogen and oxygen atoms in total. The molecule has 166 valence electrons. The van der Waals surface area contributed by atoms with Crippen LogP contribution in [0, 0.1) is 5.92 Å². The van der Waals surface area contributed by atoms with Gasteiger partial charge in [-0.3, -0.25) is 20.0 Å². The summed E-state index contributed by atoms with van der Waals surface area (Å²) in [7, 11) is 0. The molecule has 2 atom stereocenters. The van der Waals surface area contributed by atoms with Gasteiger partial charge in [0.2, 0.25) is 0 Å². The van der Waals surface area contributed by atoms with Crippen molar-refractivity contribution in [1.29, 1.82) is 0 Å². The van der Waals surface area contributed by atoms with Crippen molar-refractivity contribution < 1.29 is 0 Å². The number of nitrogens with zero attached hydrogens (tertiary/aromatic N) is 4. The normalized spacial score (nSPS) is 20.2. The maximum atomic E-state index is 4.95. The highest BCUT2D eigenvalue weighted by molar-refractivity contribution is 5.86. The minimum atomic E-state index is 0.0650. The molecule has 4 heteroatoms. The molecule has 0 fully saturated rings. The van der Waals surface area contributed by atoms with Crippen LogP contribution in [-0.4, -0.2) is 21.9 Å². The first kappa shape index (κ1) is 21.4. The van der Waals surface area contributed by atoms with Gasteiger partial charge in [-0.15, -0.1) is 0 Å². The second-order valence-electron chi connectivity index (χ2n) is 9.33. The first-order valence-electron chi connectivity index (χ1n) is 11.9. The minimum absolute atomic E-state index is 0.0650. The standard InChI is InChI=1S/C29H30N4/c1-20-14-21(2)33-27-11-7-8-22(26(27)15-20)16-23-18-29(28-10-4-6-13-31-28)32-19-24(23)17-25-9-3-5-12-30-25/h3-13,19-20,29H,14-18H2,1-2H3/t20-,29?/m1/s1. The number of aliphatic imine (C=N–C) groups is 2. The lowest BCUT2D eigenvalue weighted by Crippen LogP contribution is -2.13. The molecule has 0 spiro atoms. The molecule has 0 N–H and O–H groups in total. The SMILES string of the molecule is CC1=Nc2cccc(CC3=C(Cc4ccccn4)C=NC(c4ccccn4)C3)c2C[C@H](C)C1. The maximum absolute atomic E-state index is 4.95. The van der Waals surface area contributed by atoms with Gasteiger partial charge in [0.15, 0.2) is 0 Å². The Morgan fingerprint density at radius 3 is 2.48 bits per heavy atom. The van der Waals surface area contributed by atoms with E-state index in [9.17, 15) is 0 Å². The van der Waals surface area contributed by atoms with E-state index >= 15 is 0 Å². The largest absolute Gasteiger partial charge is 0.283 e. The van der Waals surface area contributed by atoms with E-state index < -0.39 is 0 Å². The quantitative estimate of drug-likeness (QED) is 0.463. The Bertz CT molecular complexity index is 1210. The molecular formula is C29H30N4. The van der Waals surface area contributed by atoms with Crippen LogP contribution in [0.1, 0.15) is 55.2 Å². The molecule has 0 saturated carbocycles. The first-order chi connectivity index (χ1) is 16.2. The van der Waals surface area contributed by atoms with Crippen LogP contribution in [0.2, 0.25) is 0 Å². The van der Waals surface area contributed by atoms with E-state index in [0.717, 1.165) is 49.2 Å². The van der Waals surface area contributed by atoms with Gasteiger partial charge in [0.05, 0.1) is 17.4 Å². The summed E-state index contributed by atoms with van der Waals surface area (Å²) in [5, 5.41) is 0. The molecule has 2 aliphatic rings. The molecule has 0 saturated heterocycles. The van der Waals surface area contributed by atoms with Crippen molar-refractivity contribution >= 4 is 17.6 Å². The lowest BCUT2D eigenvalue weighted by molar-refractivity contribution is 0.606. The molecule has 0 bridgehead atoms. The molecule has 3 aromatic rings. The fourth-order valence-electron chi connectivity index (χ4n) is 5.03. The number of dihydropyridines is 1. The molecule has 1 unspecified atom stereocenters. The Balaban J connectivity index is 1.51. The lowest BCUT2D eigenvalue weighted by Gasteiger charge is -2.23. The summed E-state index contributed by atoms with van der Waals surface area (Å²) in [6.45, 7) is 4.49. The van der Waals surface area contributed by atoms with Gasteiger partial charge < -0.3 is 0 Å². The number of pyridine rings is 2. The third-order valence-electron chi connectivity index (χ3n) is 6.59. The van der Waals surface area contributed by atoms with Crippen molar-refractivity contribution in [2.24, 2.45) is 15.9 Å². The highest BCUT2D eigenvalue weighted by atomic mass is 14.8. The van der Waals surface area contributed by atoms with Gasteiger partial charge in [-0.25, -0.2) is 0 Å². The first-order valence-corrected chi connectivity index (χ1v) is 11.9. The van der Waals surface area contributed by atoms with E-state index in [1.165, 1.54) is 28.0 Å². The van der Waals surface area contributed by atoms with Gasteiger partial charge in [0.1, 0.15) is 0 Å². The number of benzene rings is 1. The molecule has 2 aromatic heterocycles. The van der Waals surface area contributed by atoms with Crippen LogP contribution in [0.15, 0.2) is 88.1 Å². The molecule has 0 radical (unpaired) electrons. The predicted octanol–water partition coefficient (Wildman–Crippen LogP) is 6.45. The number of rotatable bonds is 5. The van der Waals surface area contributed by atoms with E-state index in [2.05, 4.69) is 66.4 Å². The highest BCUT2D eigenvalue weighted by Gasteiger charge is 2.23. The Morgan fingerprint density at radius 1 is 0.848 bits per heavy atom. The van der Waals surface area contributed by atoms with Crippen LogP contribution in [0.3, 0.4) is 0 Å². The van der Waals surface area contributed by atoms with Crippen molar-refractivity contribution in [3.8, 4) is 0 Å². The fraction of sp³-hybridized carbons (Fsp3) is 0.310. The summed E-state index contributed by atoms with van der Waals surface area (Å²) in [5.74, 6) is 0.604. The topological polar surface area (TPSA) is 50.5 Å². The summed E-state index contributed by atoms with van der Waals surface area (Å²) in [5.41, 5.74) is 9.99. The highest BCUT2D eigenvalue weighted by Crippen LogP contribution is 2.36. The molecule has 0 aliphatic carbocycles. The number of hydrogen-bond acceptors (Lipinski definition) is 4. The second-order valence-corrected chi connectivity index (χ2v) is 9.33. The minimum Gasteiger partial charge on any atom is -0.283 e. The van der Waals surface area contributed by atoms with Gasteiger partial charge in [0, 0.05) is 36.4 Å². The summed E-state index contributed by atoms with van der Waals surface area (Å²) >= 11 is 0. The smallest absolute Gasteiger partial charge is 0.0956 e. The number of allylic oxidation sites excluding steroid dienone is 1. The van der Waals surface area contributed by atoms with Crippen molar-refractivity contribution in [3.05, 3.63) is 101 Å². The zero-order valence-corrected chi connectivity index (χ0v) is 19.4. The van der Waals surface area contributed by atoms with E-state index in [4.69, 9.17) is 9.98 Å². The van der Waals surface area contributed by atoms with Crippen LogP contribution in [0.5, 0.6) is 0 Å². The zero-order valence-electron chi connectivity index (χ0n) is 19.4. The van der Waals surface area contributed by atoms with Crippen molar-refractivity contribution in [2.75, 3.05) is 0 Å². The molecule has 0 amide bonds. The van der Waals surface area contributed by atoms with E-state index in [-0.39, 0.29) is 6.04 Å².